The van der Waals surface area contributed by atoms with Gasteiger partial charge in [0, 0.05) is 12.4 Å². The van der Waals surface area contributed by atoms with Crippen molar-refractivity contribution in [3.8, 4) is 0 Å². The van der Waals surface area contributed by atoms with Gasteiger partial charge in [0.2, 0.25) is 20.0 Å². The van der Waals surface area contributed by atoms with Crippen molar-refractivity contribution in [1.82, 2.24) is 15.2 Å². The molecule has 1 aromatic carbocycles. The Morgan fingerprint density at radius 1 is 1.13 bits per heavy atom. The highest BCUT2D eigenvalue weighted by Crippen LogP contribution is 2.27. The number of pyridine rings is 1. The largest absolute Gasteiger partial charge is 0.289 e. The monoisotopic (exact) mass is 470 g/mol. The Morgan fingerprint density at radius 2 is 1.84 bits per heavy atom. The topological polar surface area (TPSA) is 155 Å². The van der Waals surface area contributed by atoms with Crippen molar-refractivity contribution in [2.75, 3.05) is 11.8 Å². The SMILES string of the molecule is CNS(=O)(=O)c1cc(Cc2cccnc2)ccc1NS(=O)(=O)[C@H](CC(C)C)C(=O)NO. The molecular formula is C19H26N4O6S2. The van der Waals surface area contributed by atoms with E-state index in [-0.39, 0.29) is 22.9 Å². The zero-order valence-corrected chi connectivity index (χ0v) is 19.0. The number of nitrogens with zero attached hydrogens (tertiary/aromatic N) is 1. The van der Waals surface area contributed by atoms with Crippen molar-refractivity contribution in [3.05, 3.63) is 53.9 Å². The number of nitrogens with one attached hydrogen (secondary N) is 3. The van der Waals surface area contributed by atoms with E-state index in [1.807, 2.05) is 6.07 Å². The van der Waals surface area contributed by atoms with Crippen molar-refractivity contribution < 1.29 is 26.8 Å². The fourth-order valence-corrected chi connectivity index (χ4v) is 5.53. The maximum absolute atomic E-state index is 12.9. The van der Waals surface area contributed by atoms with E-state index < -0.39 is 31.2 Å². The zero-order valence-electron chi connectivity index (χ0n) is 17.4. The van der Waals surface area contributed by atoms with Crippen LogP contribution in [0.15, 0.2) is 47.6 Å². The lowest BCUT2D eigenvalue weighted by atomic mass is 10.1. The molecule has 10 nitrogen and oxygen atoms in total. The average Bonchev–Trinajstić information content (AvgIpc) is 2.72. The van der Waals surface area contributed by atoms with Crippen molar-refractivity contribution in [3.63, 3.8) is 0 Å². The summed E-state index contributed by atoms with van der Waals surface area (Å²) in [4.78, 5) is 15.7. The lowest BCUT2D eigenvalue weighted by Gasteiger charge is -2.20. The minimum atomic E-state index is -4.37. The second kappa shape index (κ2) is 10.2. The number of sulfonamides is 2. The molecule has 2 rings (SSSR count). The highest BCUT2D eigenvalue weighted by molar-refractivity contribution is 7.94. The molecule has 12 heteroatoms. The van der Waals surface area contributed by atoms with Crippen LogP contribution in [0, 0.1) is 5.92 Å². The summed E-state index contributed by atoms with van der Waals surface area (Å²) in [6, 6.07) is 7.87. The van der Waals surface area contributed by atoms with Gasteiger partial charge in [0.15, 0.2) is 5.25 Å². The van der Waals surface area contributed by atoms with Crippen LogP contribution in [0.3, 0.4) is 0 Å². The lowest BCUT2D eigenvalue weighted by molar-refractivity contribution is -0.129. The van der Waals surface area contributed by atoms with Crippen LogP contribution >= 0.6 is 0 Å². The molecule has 0 aliphatic rings. The first-order valence-corrected chi connectivity index (χ1v) is 12.4. The van der Waals surface area contributed by atoms with E-state index >= 15 is 0 Å². The van der Waals surface area contributed by atoms with Gasteiger partial charge >= 0.3 is 0 Å². The van der Waals surface area contributed by atoms with Gasteiger partial charge in [-0.05, 0) is 55.1 Å². The standard InChI is InChI=1S/C19H26N4O6S2/c1-13(2)9-18(19(24)22-25)31(28,29)23-16-7-6-14(10-15-5-4-8-21-12-15)11-17(16)30(26,27)20-3/h4-8,11-13,18,20,23,25H,9-10H2,1-3H3,(H,22,24)/t18-/m1/s1. The Morgan fingerprint density at radius 3 is 2.39 bits per heavy atom. The van der Waals surface area contributed by atoms with Crippen LogP contribution in [0.5, 0.6) is 0 Å². The van der Waals surface area contributed by atoms with Crippen molar-refractivity contribution in [1.29, 1.82) is 0 Å². The highest BCUT2D eigenvalue weighted by Gasteiger charge is 2.34. The number of aromatic nitrogens is 1. The molecule has 4 N–H and O–H groups in total. The van der Waals surface area contributed by atoms with Gasteiger partial charge in [-0.2, -0.15) is 0 Å². The van der Waals surface area contributed by atoms with E-state index in [9.17, 15) is 21.6 Å². The Balaban J connectivity index is 2.48. The third-order valence-electron chi connectivity index (χ3n) is 4.45. The number of carbonyl (C=O) groups is 1. The van der Waals surface area contributed by atoms with Gasteiger partial charge in [0.25, 0.3) is 5.91 Å². The molecule has 1 aromatic heterocycles. The molecule has 0 bridgehead atoms. The molecule has 1 atom stereocenters. The minimum absolute atomic E-state index is 0.0745. The summed E-state index contributed by atoms with van der Waals surface area (Å²) in [5.41, 5.74) is 2.62. The summed E-state index contributed by atoms with van der Waals surface area (Å²) in [6.07, 6.45) is 3.58. The zero-order chi connectivity index (χ0) is 23.2. The predicted molar refractivity (Wildman–Crippen MR) is 115 cm³/mol. The number of carbonyl (C=O) groups excluding carboxylic acids is 1. The van der Waals surface area contributed by atoms with E-state index in [1.54, 1.807) is 38.4 Å². The number of hydroxylamine groups is 1. The van der Waals surface area contributed by atoms with Gasteiger partial charge < -0.3 is 0 Å². The molecule has 170 valence electrons. The molecule has 0 aliphatic heterocycles. The molecular weight excluding hydrogens is 444 g/mol. The Hall–Kier alpha value is -2.54. The number of hydrogen-bond acceptors (Lipinski definition) is 7. The molecule has 2 aromatic rings. The van der Waals surface area contributed by atoms with Crippen LogP contribution in [-0.4, -0.2) is 45.2 Å². The number of amides is 1. The van der Waals surface area contributed by atoms with Crippen LogP contribution < -0.4 is 14.9 Å². The normalized spacial score (nSPS) is 13.1. The number of benzene rings is 1. The summed E-state index contributed by atoms with van der Waals surface area (Å²) in [7, 11) is -7.19. The molecule has 1 amide bonds. The summed E-state index contributed by atoms with van der Waals surface area (Å²) in [5.74, 6) is -1.28. The predicted octanol–water partition coefficient (Wildman–Crippen LogP) is 1.24. The van der Waals surface area contributed by atoms with Crippen molar-refractivity contribution in [2.45, 2.75) is 36.8 Å². The van der Waals surface area contributed by atoms with Crippen LogP contribution in [0.25, 0.3) is 0 Å². The van der Waals surface area contributed by atoms with Gasteiger partial charge in [-0.15, -0.1) is 0 Å². The Labute approximate surface area is 182 Å². The van der Waals surface area contributed by atoms with Crippen LogP contribution in [0.2, 0.25) is 0 Å². The maximum atomic E-state index is 12.9. The number of rotatable bonds is 10. The average molecular weight is 471 g/mol. The molecule has 0 radical (unpaired) electrons. The quantitative estimate of drug-likeness (QED) is 0.301. The molecule has 0 unspecified atom stereocenters. The van der Waals surface area contributed by atoms with E-state index in [0.29, 0.717) is 12.0 Å². The molecule has 0 aliphatic carbocycles. The van der Waals surface area contributed by atoms with Crippen LogP contribution in [0.1, 0.15) is 31.4 Å². The molecule has 31 heavy (non-hydrogen) atoms. The van der Waals surface area contributed by atoms with E-state index in [1.165, 1.54) is 24.7 Å². The fourth-order valence-electron chi connectivity index (χ4n) is 2.93. The number of hydrogen-bond donors (Lipinski definition) is 4. The molecule has 1 heterocycles. The molecule has 0 saturated carbocycles. The second-order valence-corrected chi connectivity index (χ2v) is 11.0. The second-order valence-electron chi connectivity index (χ2n) is 7.32. The molecule has 0 fully saturated rings. The van der Waals surface area contributed by atoms with Gasteiger partial charge in [0.05, 0.1) is 5.69 Å². The summed E-state index contributed by atoms with van der Waals surface area (Å²) in [5, 5.41) is 7.33. The van der Waals surface area contributed by atoms with E-state index in [0.717, 1.165) is 5.56 Å². The van der Waals surface area contributed by atoms with Crippen LogP contribution in [0.4, 0.5) is 5.69 Å². The molecule has 0 saturated heterocycles. The third-order valence-corrected chi connectivity index (χ3v) is 7.56. The minimum Gasteiger partial charge on any atom is -0.289 e. The highest BCUT2D eigenvalue weighted by atomic mass is 32.2. The van der Waals surface area contributed by atoms with Crippen molar-refractivity contribution >= 4 is 31.6 Å². The summed E-state index contributed by atoms with van der Waals surface area (Å²) < 4.78 is 55.3. The maximum Gasteiger partial charge on any atom is 0.263 e. The smallest absolute Gasteiger partial charge is 0.263 e. The van der Waals surface area contributed by atoms with Gasteiger partial charge in [0.1, 0.15) is 4.90 Å². The van der Waals surface area contributed by atoms with Crippen molar-refractivity contribution in [2.24, 2.45) is 5.92 Å². The summed E-state index contributed by atoms with van der Waals surface area (Å²) in [6.45, 7) is 3.44. The summed E-state index contributed by atoms with van der Waals surface area (Å²) >= 11 is 0. The van der Waals surface area contributed by atoms with Gasteiger partial charge in [-0.25, -0.2) is 27.0 Å². The van der Waals surface area contributed by atoms with Crippen LogP contribution in [-0.2, 0) is 31.3 Å². The van der Waals surface area contributed by atoms with E-state index in [2.05, 4.69) is 14.4 Å². The van der Waals surface area contributed by atoms with Gasteiger partial charge in [-0.1, -0.05) is 26.0 Å². The van der Waals surface area contributed by atoms with E-state index in [4.69, 9.17) is 5.21 Å². The Bertz CT molecular complexity index is 1120. The molecule has 0 spiro atoms. The lowest BCUT2D eigenvalue weighted by Crippen LogP contribution is -2.42. The van der Waals surface area contributed by atoms with Gasteiger partial charge in [-0.3, -0.25) is 19.7 Å². The third kappa shape index (κ3) is 6.47. The first-order chi connectivity index (χ1) is 14.5. The number of anilines is 1. The fraction of sp³-hybridized carbons (Fsp3) is 0.368. The first kappa shape index (κ1) is 24.7. The Kier molecular flexibility index (Phi) is 8.12. The first-order valence-electron chi connectivity index (χ1n) is 9.41.